The van der Waals surface area contributed by atoms with Gasteiger partial charge in [0.1, 0.15) is 5.82 Å². The maximum atomic E-state index is 13.3. The fraction of sp³-hybridized carbons (Fsp3) is 0.267. The van der Waals surface area contributed by atoms with Gasteiger partial charge >= 0.3 is 0 Å². The molecule has 7 nitrogen and oxygen atoms in total. The van der Waals surface area contributed by atoms with Crippen molar-refractivity contribution in [1.29, 1.82) is 0 Å². The highest BCUT2D eigenvalue weighted by atomic mass is 16.3. The van der Waals surface area contributed by atoms with Gasteiger partial charge in [-0.25, -0.2) is 4.98 Å². The van der Waals surface area contributed by atoms with Gasteiger partial charge in [-0.05, 0) is 60.2 Å². The van der Waals surface area contributed by atoms with Crippen molar-refractivity contribution in [2.45, 2.75) is 44.2 Å². The number of amides is 1. The average molecular weight is 493 g/mol. The monoisotopic (exact) mass is 492 g/mol. The number of aromatic amines is 1. The number of hydrogen-bond donors (Lipinski definition) is 2. The molecule has 0 bridgehead atoms. The van der Waals surface area contributed by atoms with Crippen molar-refractivity contribution in [3.8, 4) is 11.1 Å². The summed E-state index contributed by atoms with van der Waals surface area (Å²) in [7, 11) is 0. The van der Waals surface area contributed by atoms with Crippen molar-refractivity contribution in [2.24, 2.45) is 0 Å². The number of aryl methyl sites for hydroxylation is 1. The van der Waals surface area contributed by atoms with Gasteiger partial charge in [-0.1, -0.05) is 48.5 Å². The quantitative estimate of drug-likeness (QED) is 0.441. The highest BCUT2D eigenvalue weighted by Crippen LogP contribution is 2.51. The van der Waals surface area contributed by atoms with E-state index in [-0.39, 0.29) is 17.5 Å². The van der Waals surface area contributed by atoms with E-state index >= 15 is 0 Å². The number of H-pyrrole nitrogens is 1. The number of nitrogens with one attached hydrogen (secondary N) is 1. The molecule has 1 aliphatic heterocycles. The first-order chi connectivity index (χ1) is 17.9. The lowest BCUT2D eigenvalue weighted by Crippen LogP contribution is -2.42. The minimum absolute atomic E-state index is 0.134. The second kappa shape index (κ2) is 9.09. The predicted octanol–water partition coefficient (Wildman–Crippen LogP) is 3.84. The fourth-order valence-electron chi connectivity index (χ4n) is 5.31. The maximum Gasteiger partial charge on any atom is 0.256 e. The molecular formula is C30H28N4O3. The summed E-state index contributed by atoms with van der Waals surface area (Å²) in [4.78, 5) is 40.1. The molecular weight excluding hydrogens is 464 g/mol. The summed E-state index contributed by atoms with van der Waals surface area (Å²) in [5, 5.41) is 11.0. The number of carbonyl (C=O) groups excluding carboxylic acids is 1. The third kappa shape index (κ3) is 4.25. The lowest BCUT2D eigenvalue weighted by molar-refractivity contribution is -0.141. The fourth-order valence-corrected chi connectivity index (χ4v) is 5.31. The Balaban J connectivity index is 1.23. The van der Waals surface area contributed by atoms with Gasteiger partial charge in [-0.15, -0.1) is 0 Å². The molecule has 2 aliphatic rings. The third-order valence-corrected chi connectivity index (χ3v) is 7.58. The molecule has 1 saturated carbocycles. The summed E-state index contributed by atoms with van der Waals surface area (Å²) < 4.78 is 0. The van der Waals surface area contributed by atoms with Crippen LogP contribution in [0.15, 0.2) is 77.7 Å². The van der Waals surface area contributed by atoms with Crippen LogP contribution in [0, 0.1) is 6.92 Å². The van der Waals surface area contributed by atoms with E-state index in [1.54, 1.807) is 17.2 Å². The molecule has 1 atom stereocenters. The van der Waals surface area contributed by atoms with E-state index in [0.29, 0.717) is 29.9 Å². The largest absolute Gasteiger partial charge is 0.378 e. The number of rotatable bonds is 5. The van der Waals surface area contributed by atoms with Crippen molar-refractivity contribution in [1.82, 2.24) is 19.9 Å². The minimum Gasteiger partial charge on any atom is -0.378 e. The van der Waals surface area contributed by atoms with Gasteiger partial charge in [-0.2, -0.15) is 0 Å². The summed E-state index contributed by atoms with van der Waals surface area (Å²) in [6.45, 7) is 2.46. The lowest BCUT2D eigenvalue weighted by atomic mass is 9.94. The van der Waals surface area contributed by atoms with Crippen molar-refractivity contribution in [2.75, 3.05) is 6.54 Å². The van der Waals surface area contributed by atoms with Crippen LogP contribution in [0.25, 0.3) is 11.1 Å². The van der Waals surface area contributed by atoms with Gasteiger partial charge < -0.3 is 15.0 Å². The number of carbonyl (C=O) groups is 1. The number of aromatic nitrogens is 3. The molecule has 2 N–H and O–H groups in total. The van der Waals surface area contributed by atoms with Crippen molar-refractivity contribution < 1.29 is 9.90 Å². The number of aliphatic hydroxyl groups is 1. The molecule has 2 aromatic heterocycles. The molecule has 3 heterocycles. The van der Waals surface area contributed by atoms with Crippen LogP contribution in [-0.2, 0) is 23.2 Å². The SMILES string of the molecule is Cc1cc(-c2cccc(C(O)C(=O)N3CCc4nc(C5(c6ccccc6)CC5)[nH]c(=O)c4C3)c2)ccn1. The molecule has 7 heteroatoms. The Morgan fingerprint density at radius 1 is 1.05 bits per heavy atom. The van der Waals surface area contributed by atoms with E-state index in [4.69, 9.17) is 4.98 Å². The summed E-state index contributed by atoms with van der Waals surface area (Å²) in [6, 6.07) is 21.4. The van der Waals surface area contributed by atoms with Gasteiger partial charge in [0.2, 0.25) is 0 Å². The van der Waals surface area contributed by atoms with Crippen LogP contribution in [0.3, 0.4) is 0 Å². The average Bonchev–Trinajstić information content (AvgIpc) is 3.75. The Kier molecular flexibility index (Phi) is 5.72. The molecule has 0 spiro atoms. The summed E-state index contributed by atoms with van der Waals surface area (Å²) in [6.07, 6.45) is 2.81. The highest BCUT2D eigenvalue weighted by Gasteiger charge is 2.48. The Morgan fingerprint density at radius 2 is 1.84 bits per heavy atom. The molecule has 1 unspecified atom stereocenters. The van der Waals surface area contributed by atoms with Crippen molar-refractivity contribution in [3.05, 3.63) is 117 Å². The Labute approximate surface area is 214 Å². The van der Waals surface area contributed by atoms with Crippen LogP contribution >= 0.6 is 0 Å². The van der Waals surface area contributed by atoms with Crippen LogP contribution in [0.2, 0.25) is 0 Å². The number of benzene rings is 2. The van der Waals surface area contributed by atoms with Gasteiger partial charge in [0, 0.05) is 24.9 Å². The summed E-state index contributed by atoms with van der Waals surface area (Å²) in [5.41, 5.74) is 5.26. The van der Waals surface area contributed by atoms with E-state index in [0.717, 1.165) is 40.9 Å². The van der Waals surface area contributed by atoms with Gasteiger partial charge in [0.25, 0.3) is 11.5 Å². The highest BCUT2D eigenvalue weighted by molar-refractivity contribution is 5.83. The predicted molar refractivity (Wildman–Crippen MR) is 140 cm³/mol. The minimum atomic E-state index is -1.32. The Morgan fingerprint density at radius 3 is 2.59 bits per heavy atom. The molecule has 37 heavy (non-hydrogen) atoms. The van der Waals surface area contributed by atoms with Gasteiger partial charge in [0.15, 0.2) is 6.10 Å². The van der Waals surface area contributed by atoms with Crippen molar-refractivity contribution >= 4 is 5.91 Å². The van der Waals surface area contributed by atoms with E-state index < -0.39 is 12.0 Å². The molecule has 4 aromatic rings. The van der Waals surface area contributed by atoms with Crippen LogP contribution in [0.1, 0.15) is 52.8 Å². The van der Waals surface area contributed by atoms with Gasteiger partial charge in [-0.3, -0.25) is 14.6 Å². The zero-order valence-corrected chi connectivity index (χ0v) is 20.6. The van der Waals surface area contributed by atoms with E-state index in [1.165, 1.54) is 0 Å². The van der Waals surface area contributed by atoms with Gasteiger partial charge in [0.05, 0.1) is 23.2 Å². The molecule has 1 amide bonds. The standard InChI is InChI=1S/C30H28N4O3/c1-19-16-21(10-14-31-19)20-6-5-7-22(17-20)26(35)28(37)34-15-11-25-24(18-34)27(36)33-29(32-25)30(12-13-30)23-8-3-2-4-9-23/h2-10,14,16-17,26,35H,11-13,15,18H2,1H3,(H,32,33,36). The Hall–Kier alpha value is -4.10. The Bertz CT molecular complexity index is 1540. The number of nitrogens with zero attached hydrogens (tertiary/aromatic N) is 3. The van der Waals surface area contributed by atoms with Crippen LogP contribution in [0.4, 0.5) is 0 Å². The normalized spacial score (nSPS) is 16.6. The molecule has 1 aliphatic carbocycles. The first-order valence-electron chi connectivity index (χ1n) is 12.6. The second-order valence-electron chi connectivity index (χ2n) is 10.0. The first-order valence-corrected chi connectivity index (χ1v) is 12.6. The zero-order chi connectivity index (χ0) is 25.6. The maximum absolute atomic E-state index is 13.3. The van der Waals surface area contributed by atoms with Crippen LogP contribution in [-0.4, -0.2) is 37.4 Å². The van der Waals surface area contributed by atoms with E-state index in [2.05, 4.69) is 22.1 Å². The summed E-state index contributed by atoms with van der Waals surface area (Å²) in [5.74, 6) is 0.297. The molecule has 0 saturated heterocycles. The first kappa shape index (κ1) is 23.3. The number of fused-ring (bicyclic) bond motifs is 1. The number of hydrogen-bond acceptors (Lipinski definition) is 5. The molecule has 0 radical (unpaired) electrons. The topological polar surface area (TPSA) is 99.2 Å². The van der Waals surface area contributed by atoms with E-state index in [1.807, 2.05) is 55.5 Å². The van der Waals surface area contributed by atoms with Crippen molar-refractivity contribution in [3.63, 3.8) is 0 Å². The molecule has 186 valence electrons. The number of aliphatic hydroxyl groups excluding tert-OH is 1. The van der Waals surface area contributed by atoms with Crippen LogP contribution < -0.4 is 5.56 Å². The lowest BCUT2D eigenvalue weighted by Gasteiger charge is -2.30. The number of pyridine rings is 1. The third-order valence-electron chi connectivity index (χ3n) is 7.58. The van der Waals surface area contributed by atoms with Crippen LogP contribution in [0.5, 0.6) is 0 Å². The van der Waals surface area contributed by atoms with E-state index in [9.17, 15) is 14.7 Å². The molecule has 2 aromatic carbocycles. The molecule has 1 fully saturated rings. The summed E-state index contributed by atoms with van der Waals surface area (Å²) >= 11 is 0. The zero-order valence-electron chi connectivity index (χ0n) is 20.6. The second-order valence-corrected chi connectivity index (χ2v) is 10.0. The smallest absolute Gasteiger partial charge is 0.256 e. The molecule has 6 rings (SSSR count).